The molecular weight excluding hydrogens is 254 g/mol. The monoisotopic (exact) mass is 275 g/mol. The molecule has 1 aliphatic rings. The first kappa shape index (κ1) is 14.6. The van der Waals surface area contributed by atoms with Gasteiger partial charge in [0.15, 0.2) is 0 Å². The summed E-state index contributed by atoms with van der Waals surface area (Å²) in [5, 5.41) is 8.67. The number of hydrogen-bond acceptors (Lipinski definition) is 3. The third-order valence-corrected chi connectivity index (χ3v) is 3.44. The highest BCUT2D eigenvalue weighted by molar-refractivity contribution is 5.85. The zero-order valence-electron chi connectivity index (χ0n) is 12.2. The van der Waals surface area contributed by atoms with E-state index in [9.17, 15) is 4.79 Å². The highest BCUT2D eigenvalue weighted by Crippen LogP contribution is 2.23. The van der Waals surface area contributed by atoms with Crippen molar-refractivity contribution in [1.82, 2.24) is 0 Å². The molecule has 4 heteroatoms. The molecule has 0 aromatic heterocycles. The van der Waals surface area contributed by atoms with Crippen molar-refractivity contribution in [2.75, 3.05) is 18.0 Å². The third-order valence-electron chi connectivity index (χ3n) is 3.44. The number of aliphatic carboxylic acids is 1. The standard InChI is InChI=1S/C16H21NO3/c1-11-8-15(6-4-14(11)5-7-16(18)19)17-9-12(2)20-13(3)10-17/h4-8,12-13H,9-10H2,1-3H3,(H,18,19). The maximum Gasteiger partial charge on any atom is 0.328 e. The molecule has 0 saturated carbocycles. The maximum absolute atomic E-state index is 10.6. The Hall–Kier alpha value is -1.81. The zero-order valence-corrected chi connectivity index (χ0v) is 12.2. The highest BCUT2D eigenvalue weighted by Gasteiger charge is 2.22. The van der Waals surface area contributed by atoms with Crippen LogP contribution in [0.5, 0.6) is 0 Å². The van der Waals surface area contributed by atoms with E-state index in [2.05, 4.69) is 24.8 Å². The lowest BCUT2D eigenvalue weighted by Crippen LogP contribution is -2.45. The number of aryl methyl sites for hydroxylation is 1. The van der Waals surface area contributed by atoms with Crippen LogP contribution in [0.15, 0.2) is 24.3 Å². The fraction of sp³-hybridized carbons (Fsp3) is 0.438. The van der Waals surface area contributed by atoms with Crippen molar-refractivity contribution < 1.29 is 14.6 Å². The number of morpholine rings is 1. The van der Waals surface area contributed by atoms with Gasteiger partial charge in [0.05, 0.1) is 12.2 Å². The minimum absolute atomic E-state index is 0.227. The predicted molar refractivity (Wildman–Crippen MR) is 80.1 cm³/mol. The van der Waals surface area contributed by atoms with Crippen LogP contribution in [0.1, 0.15) is 25.0 Å². The molecule has 4 nitrogen and oxygen atoms in total. The predicted octanol–water partition coefficient (Wildman–Crippen LogP) is 2.71. The Balaban J connectivity index is 2.18. The van der Waals surface area contributed by atoms with Crippen LogP contribution in [-0.2, 0) is 9.53 Å². The van der Waals surface area contributed by atoms with E-state index in [0.29, 0.717) is 0 Å². The van der Waals surface area contributed by atoms with E-state index < -0.39 is 5.97 Å². The van der Waals surface area contributed by atoms with Crippen LogP contribution in [0.3, 0.4) is 0 Å². The smallest absolute Gasteiger partial charge is 0.328 e. The summed E-state index contributed by atoms with van der Waals surface area (Å²) in [7, 11) is 0. The van der Waals surface area contributed by atoms with Crippen molar-refractivity contribution in [3.63, 3.8) is 0 Å². The van der Waals surface area contributed by atoms with Gasteiger partial charge in [-0.05, 0) is 50.1 Å². The maximum atomic E-state index is 10.6. The molecule has 1 heterocycles. The number of carboxylic acids is 1. The average Bonchev–Trinajstić information content (AvgIpc) is 2.35. The fourth-order valence-corrected chi connectivity index (χ4v) is 2.59. The highest BCUT2D eigenvalue weighted by atomic mass is 16.5. The second-order valence-electron chi connectivity index (χ2n) is 5.37. The van der Waals surface area contributed by atoms with E-state index in [0.717, 1.165) is 29.9 Å². The summed E-state index contributed by atoms with van der Waals surface area (Å²) in [6, 6.07) is 6.11. The Kier molecular flexibility index (Phi) is 4.45. The van der Waals surface area contributed by atoms with Gasteiger partial charge >= 0.3 is 5.97 Å². The lowest BCUT2D eigenvalue weighted by molar-refractivity contribution is -0.131. The Bertz CT molecular complexity index is 514. The molecule has 0 amide bonds. The lowest BCUT2D eigenvalue weighted by atomic mass is 10.1. The van der Waals surface area contributed by atoms with E-state index >= 15 is 0 Å². The van der Waals surface area contributed by atoms with E-state index in [-0.39, 0.29) is 12.2 Å². The van der Waals surface area contributed by atoms with Crippen LogP contribution in [0.25, 0.3) is 6.08 Å². The van der Waals surface area contributed by atoms with E-state index in [4.69, 9.17) is 9.84 Å². The molecule has 1 aromatic rings. The molecular formula is C16H21NO3. The van der Waals surface area contributed by atoms with Crippen molar-refractivity contribution in [3.8, 4) is 0 Å². The zero-order chi connectivity index (χ0) is 14.7. The topological polar surface area (TPSA) is 49.8 Å². The Labute approximate surface area is 119 Å². The first-order chi connectivity index (χ1) is 9.45. The second kappa shape index (κ2) is 6.09. The Morgan fingerprint density at radius 3 is 2.55 bits per heavy atom. The Morgan fingerprint density at radius 2 is 2.00 bits per heavy atom. The molecule has 0 bridgehead atoms. The molecule has 108 valence electrons. The quantitative estimate of drug-likeness (QED) is 0.862. The molecule has 0 radical (unpaired) electrons. The molecule has 2 unspecified atom stereocenters. The van der Waals surface area contributed by atoms with Crippen LogP contribution in [0, 0.1) is 6.92 Å². The second-order valence-corrected chi connectivity index (χ2v) is 5.37. The van der Waals surface area contributed by atoms with Gasteiger partial charge in [-0.1, -0.05) is 6.07 Å². The van der Waals surface area contributed by atoms with Crippen LogP contribution < -0.4 is 4.90 Å². The lowest BCUT2D eigenvalue weighted by Gasteiger charge is -2.37. The molecule has 0 spiro atoms. The van der Waals surface area contributed by atoms with Crippen molar-refractivity contribution in [3.05, 3.63) is 35.4 Å². The number of rotatable bonds is 3. The minimum Gasteiger partial charge on any atom is -0.478 e. The summed E-state index contributed by atoms with van der Waals surface area (Å²) in [6.45, 7) is 7.93. The fourth-order valence-electron chi connectivity index (χ4n) is 2.59. The van der Waals surface area contributed by atoms with Crippen molar-refractivity contribution in [1.29, 1.82) is 0 Å². The van der Waals surface area contributed by atoms with Crippen LogP contribution in [-0.4, -0.2) is 36.4 Å². The molecule has 1 saturated heterocycles. The van der Waals surface area contributed by atoms with Crippen molar-refractivity contribution in [2.24, 2.45) is 0 Å². The SMILES string of the molecule is Cc1cc(N2CC(C)OC(C)C2)ccc1C=CC(=O)O. The van der Waals surface area contributed by atoms with Gasteiger partial charge in [0, 0.05) is 24.9 Å². The molecule has 20 heavy (non-hydrogen) atoms. The molecule has 2 atom stereocenters. The summed E-state index contributed by atoms with van der Waals surface area (Å²) in [4.78, 5) is 12.9. The molecule has 1 fully saturated rings. The average molecular weight is 275 g/mol. The summed E-state index contributed by atoms with van der Waals surface area (Å²) >= 11 is 0. The Morgan fingerprint density at radius 1 is 1.35 bits per heavy atom. The summed E-state index contributed by atoms with van der Waals surface area (Å²) in [5.74, 6) is -0.927. The number of benzene rings is 1. The first-order valence-electron chi connectivity index (χ1n) is 6.88. The number of nitrogens with zero attached hydrogens (tertiary/aromatic N) is 1. The normalized spacial score (nSPS) is 23.2. The van der Waals surface area contributed by atoms with E-state index in [1.165, 1.54) is 6.08 Å². The van der Waals surface area contributed by atoms with Gasteiger partial charge in [0.25, 0.3) is 0 Å². The number of ether oxygens (including phenoxy) is 1. The first-order valence-corrected chi connectivity index (χ1v) is 6.88. The third kappa shape index (κ3) is 3.61. The number of anilines is 1. The van der Waals surface area contributed by atoms with Gasteiger partial charge in [-0.25, -0.2) is 4.79 Å². The molecule has 1 aliphatic heterocycles. The molecule has 2 rings (SSSR count). The summed E-state index contributed by atoms with van der Waals surface area (Å²) in [5.41, 5.74) is 3.18. The summed E-state index contributed by atoms with van der Waals surface area (Å²) < 4.78 is 5.74. The van der Waals surface area contributed by atoms with E-state index in [1.807, 2.05) is 19.1 Å². The largest absolute Gasteiger partial charge is 0.478 e. The van der Waals surface area contributed by atoms with E-state index in [1.54, 1.807) is 6.08 Å². The van der Waals surface area contributed by atoms with Gasteiger partial charge in [0.2, 0.25) is 0 Å². The van der Waals surface area contributed by atoms with Crippen LogP contribution >= 0.6 is 0 Å². The van der Waals surface area contributed by atoms with Crippen LogP contribution in [0.2, 0.25) is 0 Å². The molecule has 1 aromatic carbocycles. The van der Waals surface area contributed by atoms with Gasteiger partial charge in [-0.3, -0.25) is 0 Å². The number of carbonyl (C=O) groups is 1. The minimum atomic E-state index is -0.927. The van der Waals surface area contributed by atoms with Crippen LogP contribution in [0.4, 0.5) is 5.69 Å². The van der Waals surface area contributed by atoms with Gasteiger partial charge < -0.3 is 14.7 Å². The molecule has 0 aliphatic carbocycles. The van der Waals surface area contributed by atoms with Crippen molar-refractivity contribution in [2.45, 2.75) is 33.0 Å². The number of carboxylic acid groups (broad SMARTS) is 1. The molecule has 1 N–H and O–H groups in total. The number of hydrogen-bond donors (Lipinski definition) is 1. The van der Waals surface area contributed by atoms with Crippen molar-refractivity contribution >= 4 is 17.7 Å². The van der Waals surface area contributed by atoms with Gasteiger partial charge in [-0.2, -0.15) is 0 Å². The van der Waals surface area contributed by atoms with Gasteiger partial charge in [-0.15, -0.1) is 0 Å². The van der Waals surface area contributed by atoms with Gasteiger partial charge in [0.1, 0.15) is 0 Å². The summed E-state index contributed by atoms with van der Waals surface area (Å²) in [6.07, 6.45) is 3.25.